The summed E-state index contributed by atoms with van der Waals surface area (Å²) in [4.78, 5) is 18.4. The van der Waals surface area contributed by atoms with Crippen LogP contribution in [0.4, 0.5) is 0 Å². The molecule has 2 aromatic carbocycles. The molecule has 0 aliphatic carbocycles. The van der Waals surface area contributed by atoms with Crippen LogP contribution in [0.5, 0.6) is 0 Å². The Morgan fingerprint density at radius 1 is 1.14 bits per heavy atom. The second kappa shape index (κ2) is 7.24. The van der Waals surface area contributed by atoms with Crippen molar-refractivity contribution in [3.8, 4) is 11.1 Å². The number of likely N-dealkylation sites (tertiary alicyclic amines) is 1. The predicted octanol–water partition coefficient (Wildman–Crippen LogP) is 4.89. The van der Waals surface area contributed by atoms with Crippen LogP contribution in [0.2, 0.25) is 0 Å². The maximum absolute atomic E-state index is 13.1. The zero-order valence-corrected chi connectivity index (χ0v) is 16.5. The Hall–Kier alpha value is -3.34. The standard InChI is InChI=1S/C24H24N4O/c1-16-8-10-17(11-9-16)20-14-25-27-23(20)19-6-4-12-28(15-19)24(29)22-13-18-5-2-3-7-21(18)26-22/h2-3,5,7-11,13-14,19,26H,4,6,12,15H2,1H3,(H,25,27)/t19-/m0/s1. The molecular formula is C24H24N4O. The number of para-hydroxylation sites is 1. The van der Waals surface area contributed by atoms with E-state index in [0.717, 1.165) is 41.5 Å². The number of H-pyrrole nitrogens is 2. The summed E-state index contributed by atoms with van der Waals surface area (Å²) >= 11 is 0. The topological polar surface area (TPSA) is 64.8 Å². The highest BCUT2D eigenvalue weighted by Gasteiger charge is 2.28. The van der Waals surface area contributed by atoms with Crippen LogP contribution in [0, 0.1) is 6.92 Å². The van der Waals surface area contributed by atoms with Crippen molar-refractivity contribution >= 4 is 16.8 Å². The smallest absolute Gasteiger partial charge is 0.270 e. The van der Waals surface area contributed by atoms with E-state index in [4.69, 9.17) is 0 Å². The Balaban J connectivity index is 1.39. The van der Waals surface area contributed by atoms with Crippen LogP contribution >= 0.6 is 0 Å². The number of hydrogen-bond donors (Lipinski definition) is 2. The largest absolute Gasteiger partial charge is 0.351 e. The lowest BCUT2D eigenvalue weighted by Gasteiger charge is -2.32. The molecule has 0 saturated carbocycles. The molecule has 1 fully saturated rings. The minimum atomic E-state index is 0.0716. The zero-order chi connectivity index (χ0) is 19.8. The summed E-state index contributed by atoms with van der Waals surface area (Å²) in [7, 11) is 0. The number of hydrogen-bond acceptors (Lipinski definition) is 2. The molecule has 0 radical (unpaired) electrons. The Kier molecular flexibility index (Phi) is 4.43. The Bertz CT molecular complexity index is 1120. The van der Waals surface area contributed by atoms with E-state index in [1.165, 1.54) is 11.1 Å². The van der Waals surface area contributed by atoms with Crippen molar-refractivity contribution in [3.05, 3.63) is 77.7 Å². The van der Waals surface area contributed by atoms with Crippen LogP contribution in [0.15, 0.2) is 60.8 Å². The molecule has 1 amide bonds. The summed E-state index contributed by atoms with van der Waals surface area (Å²) in [5.41, 5.74) is 6.33. The van der Waals surface area contributed by atoms with Crippen molar-refractivity contribution in [2.24, 2.45) is 0 Å². The molecule has 5 nitrogen and oxygen atoms in total. The average molecular weight is 384 g/mol. The molecule has 146 valence electrons. The van der Waals surface area contributed by atoms with E-state index >= 15 is 0 Å². The van der Waals surface area contributed by atoms with Crippen molar-refractivity contribution in [2.75, 3.05) is 13.1 Å². The highest BCUT2D eigenvalue weighted by Crippen LogP contribution is 2.33. The van der Waals surface area contributed by atoms with E-state index < -0.39 is 0 Å². The number of fused-ring (bicyclic) bond motifs is 1. The molecule has 5 rings (SSSR count). The molecule has 4 aromatic rings. The molecule has 0 bridgehead atoms. The molecule has 1 saturated heterocycles. The number of nitrogens with zero attached hydrogens (tertiary/aromatic N) is 2. The lowest BCUT2D eigenvalue weighted by atomic mass is 9.90. The Labute approximate surface area is 169 Å². The number of benzene rings is 2. The molecular weight excluding hydrogens is 360 g/mol. The molecule has 1 aliphatic heterocycles. The summed E-state index contributed by atoms with van der Waals surface area (Å²) in [6.07, 6.45) is 3.94. The number of piperidine rings is 1. The first-order valence-electron chi connectivity index (χ1n) is 10.2. The second-order valence-corrected chi connectivity index (χ2v) is 7.92. The van der Waals surface area contributed by atoms with E-state index in [2.05, 4.69) is 46.4 Å². The van der Waals surface area contributed by atoms with Gasteiger partial charge in [-0.1, -0.05) is 48.0 Å². The van der Waals surface area contributed by atoms with Gasteiger partial charge < -0.3 is 9.88 Å². The molecule has 2 aromatic heterocycles. The predicted molar refractivity (Wildman–Crippen MR) is 115 cm³/mol. The minimum Gasteiger partial charge on any atom is -0.351 e. The average Bonchev–Trinajstić information content (AvgIpc) is 3.41. The number of carbonyl (C=O) groups is 1. The summed E-state index contributed by atoms with van der Waals surface area (Å²) in [6, 6.07) is 18.5. The van der Waals surface area contributed by atoms with Crippen molar-refractivity contribution in [1.29, 1.82) is 0 Å². The molecule has 5 heteroatoms. The molecule has 3 heterocycles. The number of nitrogens with one attached hydrogen (secondary N) is 2. The van der Waals surface area contributed by atoms with Crippen molar-refractivity contribution in [1.82, 2.24) is 20.1 Å². The van der Waals surface area contributed by atoms with Crippen LogP contribution in [0.25, 0.3) is 22.0 Å². The maximum Gasteiger partial charge on any atom is 0.270 e. The van der Waals surface area contributed by atoms with Crippen LogP contribution in [-0.2, 0) is 0 Å². The van der Waals surface area contributed by atoms with Gasteiger partial charge in [0.25, 0.3) is 5.91 Å². The number of carbonyl (C=O) groups excluding carboxylic acids is 1. The number of aromatic amines is 2. The quantitative estimate of drug-likeness (QED) is 0.528. The van der Waals surface area contributed by atoms with Gasteiger partial charge in [0.1, 0.15) is 5.69 Å². The van der Waals surface area contributed by atoms with Gasteiger partial charge in [0.05, 0.1) is 6.20 Å². The van der Waals surface area contributed by atoms with Crippen LogP contribution in [0.1, 0.15) is 40.5 Å². The molecule has 0 unspecified atom stereocenters. The summed E-state index contributed by atoms with van der Waals surface area (Å²) in [5.74, 6) is 0.332. The maximum atomic E-state index is 13.1. The summed E-state index contributed by atoms with van der Waals surface area (Å²) in [5, 5.41) is 8.60. The SMILES string of the molecule is Cc1ccc(-c2cn[nH]c2[C@H]2CCCN(C(=O)c3cc4ccccc4[nH]3)C2)cc1. The number of rotatable bonds is 3. The van der Waals surface area contributed by atoms with Gasteiger partial charge in [-0.2, -0.15) is 5.10 Å². The lowest BCUT2D eigenvalue weighted by Crippen LogP contribution is -2.39. The van der Waals surface area contributed by atoms with Gasteiger partial charge in [-0.15, -0.1) is 0 Å². The van der Waals surface area contributed by atoms with E-state index in [1.807, 2.05) is 41.4 Å². The van der Waals surface area contributed by atoms with E-state index in [1.54, 1.807) is 0 Å². The van der Waals surface area contributed by atoms with Gasteiger partial charge in [-0.25, -0.2) is 0 Å². The summed E-state index contributed by atoms with van der Waals surface area (Å²) < 4.78 is 0. The molecule has 1 aliphatic rings. The fourth-order valence-corrected chi connectivity index (χ4v) is 4.33. The van der Waals surface area contributed by atoms with Crippen molar-refractivity contribution in [3.63, 3.8) is 0 Å². The van der Waals surface area contributed by atoms with Gasteiger partial charge in [0, 0.05) is 41.2 Å². The Morgan fingerprint density at radius 3 is 2.79 bits per heavy atom. The first-order valence-corrected chi connectivity index (χ1v) is 10.2. The van der Waals surface area contributed by atoms with Crippen LogP contribution in [0.3, 0.4) is 0 Å². The van der Waals surface area contributed by atoms with Gasteiger partial charge in [0.15, 0.2) is 0 Å². The van der Waals surface area contributed by atoms with Gasteiger partial charge in [0.2, 0.25) is 0 Å². The number of aryl methyl sites for hydroxylation is 1. The van der Waals surface area contributed by atoms with E-state index in [9.17, 15) is 4.79 Å². The Morgan fingerprint density at radius 2 is 1.97 bits per heavy atom. The van der Waals surface area contributed by atoms with E-state index in [0.29, 0.717) is 12.2 Å². The number of aromatic nitrogens is 3. The second-order valence-electron chi connectivity index (χ2n) is 7.92. The van der Waals surface area contributed by atoms with Gasteiger partial charge in [-0.3, -0.25) is 9.89 Å². The third-order valence-corrected chi connectivity index (χ3v) is 5.91. The minimum absolute atomic E-state index is 0.0716. The lowest BCUT2D eigenvalue weighted by molar-refractivity contribution is 0.0701. The highest BCUT2D eigenvalue weighted by molar-refractivity contribution is 5.98. The van der Waals surface area contributed by atoms with Crippen molar-refractivity contribution < 1.29 is 4.79 Å². The molecule has 2 N–H and O–H groups in total. The zero-order valence-electron chi connectivity index (χ0n) is 16.5. The van der Waals surface area contributed by atoms with Crippen molar-refractivity contribution in [2.45, 2.75) is 25.7 Å². The fourth-order valence-electron chi connectivity index (χ4n) is 4.33. The van der Waals surface area contributed by atoms with E-state index in [-0.39, 0.29) is 11.8 Å². The normalized spacial score (nSPS) is 17.0. The third kappa shape index (κ3) is 3.33. The molecule has 29 heavy (non-hydrogen) atoms. The molecule has 0 spiro atoms. The first-order chi connectivity index (χ1) is 14.2. The monoisotopic (exact) mass is 384 g/mol. The van der Waals surface area contributed by atoms with Crippen LogP contribution in [-0.4, -0.2) is 39.1 Å². The summed E-state index contributed by atoms with van der Waals surface area (Å²) in [6.45, 7) is 3.59. The van der Waals surface area contributed by atoms with Gasteiger partial charge in [-0.05, 0) is 37.5 Å². The van der Waals surface area contributed by atoms with Gasteiger partial charge >= 0.3 is 0 Å². The highest BCUT2D eigenvalue weighted by atomic mass is 16.2. The first kappa shape index (κ1) is 17.7. The number of amides is 1. The van der Waals surface area contributed by atoms with Crippen LogP contribution < -0.4 is 0 Å². The third-order valence-electron chi connectivity index (χ3n) is 5.91. The fraction of sp³-hybridized carbons (Fsp3) is 0.250. The molecule has 1 atom stereocenters.